The second-order valence-electron chi connectivity index (χ2n) is 7.33. The van der Waals surface area contributed by atoms with Crippen molar-refractivity contribution >= 4 is 16.7 Å². The quantitative estimate of drug-likeness (QED) is 0.699. The number of fused-ring (bicyclic) bond motifs is 1. The second kappa shape index (κ2) is 8.59. The van der Waals surface area contributed by atoms with Gasteiger partial charge in [-0.3, -0.25) is 9.69 Å². The third-order valence-corrected chi connectivity index (χ3v) is 5.52. The molecule has 2 aromatic carbocycles. The molecule has 4 rings (SSSR count). The Labute approximate surface area is 170 Å². The summed E-state index contributed by atoms with van der Waals surface area (Å²) in [6.07, 6.45) is 1.43. The zero-order valence-corrected chi connectivity index (χ0v) is 16.7. The molecule has 0 radical (unpaired) electrons. The Bertz CT molecular complexity index is 995. The summed E-state index contributed by atoms with van der Waals surface area (Å²) in [7, 11) is 0. The number of piperazine rings is 1. The average molecular weight is 390 g/mol. The zero-order chi connectivity index (χ0) is 20.2. The Morgan fingerprint density at radius 2 is 1.72 bits per heavy atom. The van der Waals surface area contributed by atoms with Gasteiger partial charge in [0.15, 0.2) is 0 Å². The van der Waals surface area contributed by atoms with Gasteiger partial charge >= 0.3 is 0 Å². The lowest BCUT2D eigenvalue weighted by Gasteiger charge is -2.34. The van der Waals surface area contributed by atoms with Crippen molar-refractivity contribution in [3.8, 4) is 11.6 Å². The summed E-state index contributed by atoms with van der Waals surface area (Å²) >= 11 is 0. The van der Waals surface area contributed by atoms with Crippen molar-refractivity contribution in [3.63, 3.8) is 0 Å². The van der Waals surface area contributed by atoms with Crippen molar-refractivity contribution in [1.29, 1.82) is 0 Å². The largest absolute Gasteiger partial charge is 0.438 e. The number of likely N-dealkylation sites (N-methyl/N-ethyl adjacent to an activating group) is 1. The van der Waals surface area contributed by atoms with Crippen LogP contribution in [0.15, 0.2) is 54.7 Å². The van der Waals surface area contributed by atoms with Crippen LogP contribution in [-0.2, 0) is 6.54 Å². The summed E-state index contributed by atoms with van der Waals surface area (Å²) < 4.78 is 6.02. The summed E-state index contributed by atoms with van der Waals surface area (Å²) in [6.45, 7) is 8.72. The van der Waals surface area contributed by atoms with Gasteiger partial charge in [0.25, 0.3) is 0 Å². The number of nitrogens with two attached hydrogens (primary N) is 1. The number of carbonyl (C=O) groups excluding carboxylic acids is 1. The summed E-state index contributed by atoms with van der Waals surface area (Å²) in [5.74, 6) is 0.682. The van der Waals surface area contributed by atoms with E-state index in [2.05, 4.69) is 46.0 Å². The predicted molar refractivity (Wildman–Crippen MR) is 114 cm³/mol. The summed E-state index contributed by atoms with van der Waals surface area (Å²) in [6, 6.07) is 15.7. The lowest BCUT2D eigenvalue weighted by atomic mass is 10.0. The first-order chi connectivity index (χ1) is 14.1. The molecule has 3 aromatic rings. The molecule has 150 valence electrons. The molecule has 2 heterocycles. The number of ether oxygens (including phenoxy) is 1. The van der Waals surface area contributed by atoms with Crippen LogP contribution in [0, 0.1) is 0 Å². The molecule has 1 fully saturated rings. The highest BCUT2D eigenvalue weighted by molar-refractivity contribution is 5.92. The summed E-state index contributed by atoms with van der Waals surface area (Å²) in [5, 5.41) is 2.25. The van der Waals surface area contributed by atoms with E-state index in [1.54, 1.807) is 12.1 Å². The fourth-order valence-corrected chi connectivity index (χ4v) is 3.76. The van der Waals surface area contributed by atoms with Crippen molar-refractivity contribution in [1.82, 2.24) is 14.8 Å². The molecule has 1 aliphatic heterocycles. The molecule has 0 aliphatic carbocycles. The SMILES string of the molecule is CCN1CCN(Cc2ccc(Oc3ccc(C(N)=O)cn3)c3ccccc23)CC1. The monoisotopic (exact) mass is 390 g/mol. The minimum absolute atomic E-state index is 0.362. The molecule has 0 atom stereocenters. The average Bonchev–Trinajstić information content (AvgIpc) is 2.76. The number of amides is 1. The molecule has 1 saturated heterocycles. The number of primary amides is 1. The van der Waals surface area contributed by atoms with Gasteiger partial charge in [-0.25, -0.2) is 4.98 Å². The van der Waals surface area contributed by atoms with Gasteiger partial charge in [-0.2, -0.15) is 0 Å². The smallest absolute Gasteiger partial charge is 0.250 e. The minimum atomic E-state index is -0.501. The van der Waals surface area contributed by atoms with Gasteiger partial charge in [0, 0.05) is 50.4 Å². The van der Waals surface area contributed by atoms with E-state index in [0.29, 0.717) is 11.4 Å². The highest BCUT2D eigenvalue weighted by Crippen LogP contribution is 2.32. The van der Waals surface area contributed by atoms with E-state index in [1.807, 2.05) is 12.1 Å². The summed E-state index contributed by atoms with van der Waals surface area (Å²) in [4.78, 5) is 20.4. The maximum atomic E-state index is 11.2. The normalized spacial score (nSPS) is 15.5. The first-order valence-electron chi connectivity index (χ1n) is 10.0. The van der Waals surface area contributed by atoms with Crippen molar-refractivity contribution in [3.05, 3.63) is 65.9 Å². The molecule has 0 spiro atoms. The van der Waals surface area contributed by atoms with Crippen molar-refractivity contribution in [2.45, 2.75) is 13.5 Å². The van der Waals surface area contributed by atoms with Crippen LogP contribution >= 0.6 is 0 Å². The second-order valence-corrected chi connectivity index (χ2v) is 7.33. The van der Waals surface area contributed by atoms with E-state index in [-0.39, 0.29) is 0 Å². The number of nitrogens with zero attached hydrogens (tertiary/aromatic N) is 3. The van der Waals surface area contributed by atoms with E-state index in [4.69, 9.17) is 10.5 Å². The molecule has 1 aliphatic rings. The van der Waals surface area contributed by atoms with Crippen LogP contribution in [0.1, 0.15) is 22.8 Å². The molecule has 29 heavy (non-hydrogen) atoms. The Kier molecular flexibility index (Phi) is 5.74. The predicted octanol–water partition coefficient (Wildman–Crippen LogP) is 3.26. The van der Waals surface area contributed by atoms with E-state index < -0.39 is 5.91 Å². The Morgan fingerprint density at radius 1 is 1.00 bits per heavy atom. The molecule has 1 aromatic heterocycles. The van der Waals surface area contributed by atoms with Gasteiger partial charge in [0.2, 0.25) is 11.8 Å². The van der Waals surface area contributed by atoms with Gasteiger partial charge in [-0.15, -0.1) is 0 Å². The zero-order valence-electron chi connectivity index (χ0n) is 16.7. The Balaban J connectivity index is 1.56. The van der Waals surface area contributed by atoms with Gasteiger partial charge in [0.1, 0.15) is 5.75 Å². The number of rotatable bonds is 6. The molecule has 6 heteroatoms. The maximum absolute atomic E-state index is 11.2. The van der Waals surface area contributed by atoms with Crippen LogP contribution in [-0.4, -0.2) is 53.4 Å². The van der Waals surface area contributed by atoms with Crippen LogP contribution in [0.5, 0.6) is 11.6 Å². The third kappa shape index (κ3) is 4.39. The fourth-order valence-electron chi connectivity index (χ4n) is 3.76. The van der Waals surface area contributed by atoms with Crippen molar-refractivity contribution in [2.24, 2.45) is 5.73 Å². The van der Waals surface area contributed by atoms with Crippen LogP contribution in [0.4, 0.5) is 0 Å². The van der Waals surface area contributed by atoms with Crippen LogP contribution in [0.3, 0.4) is 0 Å². The number of pyridine rings is 1. The van der Waals surface area contributed by atoms with E-state index in [0.717, 1.165) is 50.4 Å². The standard InChI is InChI=1S/C23H26N4O2/c1-2-26-11-13-27(14-12-26)16-18-7-9-21(20-6-4-3-5-19(18)20)29-22-10-8-17(15-25-22)23(24)28/h3-10,15H,2,11-14,16H2,1H3,(H2,24,28). The molecular formula is C23H26N4O2. The highest BCUT2D eigenvalue weighted by atomic mass is 16.5. The number of hydrogen-bond donors (Lipinski definition) is 1. The summed E-state index contributed by atoms with van der Waals surface area (Å²) in [5.41, 5.74) is 6.94. The molecule has 0 saturated carbocycles. The van der Waals surface area contributed by atoms with Crippen LogP contribution in [0.25, 0.3) is 10.8 Å². The topological polar surface area (TPSA) is 71.7 Å². The number of hydrogen-bond acceptors (Lipinski definition) is 5. The van der Waals surface area contributed by atoms with E-state index >= 15 is 0 Å². The van der Waals surface area contributed by atoms with Gasteiger partial charge in [-0.1, -0.05) is 37.3 Å². The first kappa shape index (κ1) is 19.4. The molecule has 0 unspecified atom stereocenters. The van der Waals surface area contributed by atoms with E-state index in [9.17, 15) is 4.79 Å². The van der Waals surface area contributed by atoms with E-state index in [1.165, 1.54) is 17.1 Å². The van der Waals surface area contributed by atoms with Crippen LogP contribution in [0.2, 0.25) is 0 Å². The lowest BCUT2D eigenvalue weighted by molar-refractivity contribution is 0.1000. The Morgan fingerprint density at radius 3 is 2.38 bits per heavy atom. The molecule has 0 bridgehead atoms. The fraction of sp³-hybridized carbons (Fsp3) is 0.304. The number of benzene rings is 2. The van der Waals surface area contributed by atoms with Gasteiger partial charge in [-0.05, 0) is 29.6 Å². The highest BCUT2D eigenvalue weighted by Gasteiger charge is 2.17. The maximum Gasteiger partial charge on any atom is 0.250 e. The van der Waals surface area contributed by atoms with Crippen molar-refractivity contribution in [2.75, 3.05) is 32.7 Å². The third-order valence-electron chi connectivity index (χ3n) is 5.52. The van der Waals surface area contributed by atoms with Gasteiger partial charge in [0.05, 0.1) is 5.56 Å². The number of aromatic nitrogens is 1. The minimum Gasteiger partial charge on any atom is -0.438 e. The lowest BCUT2D eigenvalue weighted by Crippen LogP contribution is -2.45. The molecule has 6 nitrogen and oxygen atoms in total. The molecule has 1 amide bonds. The Hall–Kier alpha value is -2.96. The molecular weight excluding hydrogens is 364 g/mol. The molecule has 2 N–H and O–H groups in total. The first-order valence-corrected chi connectivity index (χ1v) is 10.0. The van der Waals surface area contributed by atoms with Crippen molar-refractivity contribution < 1.29 is 9.53 Å². The van der Waals surface area contributed by atoms with Crippen LogP contribution < -0.4 is 10.5 Å². The van der Waals surface area contributed by atoms with Gasteiger partial charge < -0.3 is 15.4 Å². The number of carbonyl (C=O) groups is 1.